The second-order valence-corrected chi connectivity index (χ2v) is 10.5. The van der Waals surface area contributed by atoms with Crippen molar-refractivity contribution in [2.24, 2.45) is 4.99 Å². The van der Waals surface area contributed by atoms with Crippen LogP contribution in [0.5, 0.6) is 11.5 Å². The molecule has 0 aromatic heterocycles. The van der Waals surface area contributed by atoms with Crippen molar-refractivity contribution in [2.45, 2.75) is 13.5 Å². The third-order valence-corrected chi connectivity index (χ3v) is 8.09. The fourth-order valence-corrected chi connectivity index (χ4v) is 5.53. The maximum atomic E-state index is 13.5. The van der Waals surface area contributed by atoms with E-state index in [9.17, 15) is 4.79 Å². The molecule has 3 aromatic carbocycles. The zero-order chi connectivity index (χ0) is 24.6. The molecule has 3 aliphatic heterocycles. The Kier molecular flexibility index (Phi) is 6.25. The first kappa shape index (κ1) is 23.2. The summed E-state index contributed by atoms with van der Waals surface area (Å²) in [6.45, 7) is 8.13. The topological polar surface area (TPSA) is 60.0 Å². The highest BCUT2D eigenvalue weighted by Gasteiger charge is 2.37. The number of hydrogen-bond acceptors (Lipinski definition) is 4. The van der Waals surface area contributed by atoms with E-state index in [4.69, 9.17) is 14.5 Å². The van der Waals surface area contributed by atoms with Crippen LogP contribution in [0, 0.1) is 6.92 Å². The van der Waals surface area contributed by atoms with Gasteiger partial charge in [0, 0.05) is 15.6 Å². The van der Waals surface area contributed by atoms with Crippen molar-refractivity contribution in [3.63, 3.8) is 0 Å². The number of nitrogens with one attached hydrogen (secondary N) is 2. The highest BCUT2D eigenvalue weighted by Crippen LogP contribution is 2.33. The molecule has 0 spiro atoms. The molecule has 0 radical (unpaired) electrons. The smallest absolute Gasteiger partial charge is 0.281 e. The van der Waals surface area contributed by atoms with E-state index in [2.05, 4.69) is 28.1 Å². The molecular formula is C28H29BrN4O3+2. The van der Waals surface area contributed by atoms with Gasteiger partial charge in [0.2, 0.25) is 6.79 Å². The van der Waals surface area contributed by atoms with Crippen LogP contribution in [0.15, 0.2) is 70.1 Å². The molecule has 1 saturated heterocycles. The fourth-order valence-electron chi connectivity index (χ4n) is 5.16. The van der Waals surface area contributed by atoms with Crippen LogP contribution in [0.4, 0.5) is 11.4 Å². The minimum Gasteiger partial charge on any atom is -0.454 e. The van der Waals surface area contributed by atoms with Crippen molar-refractivity contribution in [1.82, 2.24) is 0 Å². The summed E-state index contributed by atoms with van der Waals surface area (Å²) in [6.07, 6.45) is 0. The van der Waals surface area contributed by atoms with Crippen molar-refractivity contribution in [3.05, 3.63) is 81.8 Å². The number of para-hydroxylation sites is 1. The van der Waals surface area contributed by atoms with Crippen LogP contribution in [-0.4, -0.2) is 51.3 Å². The van der Waals surface area contributed by atoms with E-state index in [0.717, 1.165) is 71.2 Å². The molecule has 0 unspecified atom stereocenters. The van der Waals surface area contributed by atoms with Crippen molar-refractivity contribution >= 4 is 38.9 Å². The summed E-state index contributed by atoms with van der Waals surface area (Å²) >= 11 is 3.58. The van der Waals surface area contributed by atoms with E-state index in [1.807, 2.05) is 60.4 Å². The first-order valence-electron chi connectivity index (χ1n) is 12.4. The molecular weight excluding hydrogens is 520 g/mol. The third-order valence-electron chi connectivity index (χ3n) is 7.23. The normalized spacial score (nSPS) is 21.8. The van der Waals surface area contributed by atoms with Gasteiger partial charge in [-0.3, -0.25) is 9.69 Å². The Hall–Kier alpha value is -3.20. The van der Waals surface area contributed by atoms with Crippen LogP contribution in [0.25, 0.3) is 0 Å². The Balaban J connectivity index is 1.13. The number of aliphatic imine (C=N–C) groups is 1. The number of fused-ring (bicyclic) bond motifs is 2. The number of anilines is 1. The number of ether oxygens (including phenoxy) is 2. The number of piperazine rings is 1. The molecule has 3 aliphatic rings. The van der Waals surface area contributed by atoms with Gasteiger partial charge in [-0.15, -0.1) is 0 Å². The Labute approximate surface area is 219 Å². The van der Waals surface area contributed by atoms with Gasteiger partial charge in [-0.2, -0.15) is 0 Å². The quantitative estimate of drug-likeness (QED) is 0.512. The molecule has 1 amide bonds. The van der Waals surface area contributed by atoms with Gasteiger partial charge in [-0.1, -0.05) is 40.2 Å². The fraction of sp³-hybridized carbons (Fsp3) is 0.286. The minimum atomic E-state index is -0.0180. The monoisotopic (exact) mass is 548 g/mol. The first-order chi connectivity index (χ1) is 17.5. The van der Waals surface area contributed by atoms with E-state index in [0.29, 0.717) is 19.2 Å². The number of rotatable bonds is 5. The molecule has 7 nitrogen and oxygen atoms in total. The van der Waals surface area contributed by atoms with Crippen LogP contribution in [-0.2, 0) is 11.3 Å². The highest BCUT2D eigenvalue weighted by atomic mass is 79.9. The minimum absolute atomic E-state index is 0.0180. The van der Waals surface area contributed by atoms with Crippen LogP contribution >= 0.6 is 15.9 Å². The average molecular weight is 549 g/mol. The standard InChI is InChI=1S/C28H27BrN4O3/c1-19-6-8-21(15-23(19)29)30-27-22-4-2-3-5-24(22)33(28(27)34)17-32-12-10-31(11-13-32)16-20-7-9-25-26(14-20)36-18-35-25/h2-9,14-15H,10-13,16-18H2,1H3/p+2. The largest absolute Gasteiger partial charge is 0.454 e. The van der Waals surface area contributed by atoms with Crippen LogP contribution < -0.4 is 24.2 Å². The van der Waals surface area contributed by atoms with E-state index >= 15 is 0 Å². The summed E-state index contributed by atoms with van der Waals surface area (Å²) in [5, 5.41) is 0. The molecule has 3 heterocycles. The summed E-state index contributed by atoms with van der Waals surface area (Å²) in [5.41, 5.74) is 5.57. The lowest BCUT2D eigenvalue weighted by atomic mass is 10.1. The molecule has 36 heavy (non-hydrogen) atoms. The average Bonchev–Trinajstić information content (AvgIpc) is 3.46. The molecule has 0 saturated carbocycles. The summed E-state index contributed by atoms with van der Waals surface area (Å²) < 4.78 is 12.0. The number of amides is 1. The SMILES string of the molecule is Cc1ccc(N=C2C(=O)N(C[NH+]3CC[NH+](Cc4ccc5c(c4)OCO5)CC3)c3ccccc32)cc1Br. The number of benzene rings is 3. The van der Waals surface area contributed by atoms with Gasteiger partial charge in [0.15, 0.2) is 18.2 Å². The van der Waals surface area contributed by atoms with Crippen LogP contribution in [0.2, 0.25) is 0 Å². The molecule has 0 bridgehead atoms. The summed E-state index contributed by atoms with van der Waals surface area (Å²) in [5.74, 6) is 1.66. The predicted molar refractivity (Wildman–Crippen MR) is 142 cm³/mol. The van der Waals surface area contributed by atoms with Crippen molar-refractivity contribution in [1.29, 1.82) is 0 Å². The van der Waals surface area contributed by atoms with Gasteiger partial charge in [0.05, 0.1) is 11.4 Å². The summed E-state index contributed by atoms with van der Waals surface area (Å²) in [6, 6.07) is 20.2. The molecule has 0 aliphatic carbocycles. The zero-order valence-electron chi connectivity index (χ0n) is 20.2. The van der Waals surface area contributed by atoms with E-state index in [1.165, 1.54) is 10.5 Å². The number of carbonyl (C=O) groups excluding carboxylic acids is 1. The van der Waals surface area contributed by atoms with Crippen LogP contribution in [0.3, 0.4) is 0 Å². The maximum Gasteiger partial charge on any atom is 0.281 e. The Bertz CT molecular complexity index is 1350. The Morgan fingerprint density at radius 2 is 1.72 bits per heavy atom. The lowest BCUT2D eigenvalue weighted by Crippen LogP contribution is -3.28. The van der Waals surface area contributed by atoms with E-state index in [1.54, 1.807) is 4.90 Å². The van der Waals surface area contributed by atoms with Crippen molar-refractivity contribution < 1.29 is 24.1 Å². The predicted octanol–water partition coefficient (Wildman–Crippen LogP) is 1.89. The molecule has 3 aromatic rings. The zero-order valence-corrected chi connectivity index (χ0v) is 21.8. The molecule has 0 atom stereocenters. The number of carbonyl (C=O) groups is 1. The van der Waals surface area contributed by atoms with Gasteiger partial charge < -0.3 is 19.3 Å². The van der Waals surface area contributed by atoms with Crippen LogP contribution in [0.1, 0.15) is 16.7 Å². The second kappa shape index (κ2) is 9.69. The van der Waals surface area contributed by atoms with Gasteiger partial charge >= 0.3 is 0 Å². The molecule has 2 N–H and O–H groups in total. The van der Waals surface area contributed by atoms with Gasteiger partial charge in [-0.25, -0.2) is 4.99 Å². The van der Waals surface area contributed by atoms with Crippen molar-refractivity contribution in [2.75, 3.05) is 44.5 Å². The second-order valence-electron chi connectivity index (χ2n) is 9.67. The Morgan fingerprint density at radius 3 is 2.56 bits per heavy atom. The van der Waals surface area contributed by atoms with Gasteiger partial charge in [-0.05, 0) is 48.9 Å². The molecule has 8 heteroatoms. The van der Waals surface area contributed by atoms with Gasteiger partial charge in [0.1, 0.15) is 38.4 Å². The number of aryl methyl sites for hydroxylation is 1. The third kappa shape index (κ3) is 4.52. The van der Waals surface area contributed by atoms with E-state index in [-0.39, 0.29) is 5.91 Å². The number of quaternary nitrogens is 2. The number of halogens is 1. The van der Waals surface area contributed by atoms with Gasteiger partial charge in [0.25, 0.3) is 5.91 Å². The summed E-state index contributed by atoms with van der Waals surface area (Å²) in [7, 11) is 0. The van der Waals surface area contributed by atoms with E-state index < -0.39 is 0 Å². The maximum absolute atomic E-state index is 13.5. The lowest BCUT2D eigenvalue weighted by Gasteiger charge is -2.32. The lowest BCUT2D eigenvalue weighted by molar-refractivity contribution is -1.02. The van der Waals surface area contributed by atoms with Crippen molar-refractivity contribution in [3.8, 4) is 11.5 Å². The number of nitrogens with zero attached hydrogens (tertiary/aromatic N) is 2. The Morgan fingerprint density at radius 1 is 0.944 bits per heavy atom. The molecule has 184 valence electrons. The highest BCUT2D eigenvalue weighted by molar-refractivity contribution is 9.10. The first-order valence-corrected chi connectivity index (χ1v) is 13.2. The molecule has 1 fully saturated rings. The molecule has 6 rings (SSSR count). The number of hydrogen-bond donors (Lipinski definition) is 2. The summed E-state index contributed by atoms with van der Waals surface area (Å²) in [4.78, 5) is 23.2.